The van der Waals surface area contributed by atoms with Crippen molar-refractivity contribution in [3.05, 3.63) is 29.3 Å². The van der Waals surface area contributed by atoms with E-state index in [2.05, 4.69) is 36.9 Å². The Balaban J connectivity index is 1.96. The Kier molecular flexibility index (Phi) is 3.87. The van der Waals surface area contributed by atoms with Crippen molar-refractivity contribution in [2.75, 3.05) is 37.6 Å². The zero-order chi connectivity index (χ0) is 13.1. The lowest BCUT2D eigenvalue weighted by molar-refractivity contribution is -0.138. The minimum absolute atomic E-state index is 0.154. The molecular weight excluding hydrogens is 228 g/mol. The monoisotopic (exact) mass is 248 g/mol. The van der Waals surface area contributed by atoms with E-state index in [1.54, 1.807) is 0 Å². The van der Waals surface area contributed by atoms with E-state index in [0.717, 1.165) is 26.2 Å². The minimum Gasteiger partial charge on any atom is -0.480 e. The van der Waals surface area contributed by atoms with Gasteiger partial charge in [0.1, 0.15) is 0 Å². The summed E-state index contributed by atoms with van der Waals surface area (Å²) in [5.41, 5.74) is 3.86. The molecular formula is C14H20N2O2. The number of aliphatic carboxylic acids is 1. The maximum atomic E-state index is 10.6. The summed E-state index contributed by atoms with van der Waals surface area (Å²) in [6.07, 6.45) is 0. The van der Waals surface area contributed by atoms with E-state index in [0.29, 0.717) is 0 Å². The van der Waals surface area contributed by atoms with Crippen molar-refractivity contribution in [2.45, 2.75) is 13.8 Å². The number of aryl methyl sites for hydroxylation is 2. The van der Waals surface area contributed by atoms with Crippen LogP contribution >= 0.6 is 0 Å². The van der Waals surface area contributed by atoms with E-state index in [4.69, 9.17) is 5.11 Å². The van der Waals surface area contributed by atoms with Gasteiger partial charge in [-0.1, -0.05) is 6.07 Å². The molecule has 1 aromatic rings. The fourth-order valence-electron chi connectivity index (χ4n) is 2.28. The Morgan fingerprint density at radius 2 is 1.83 bits per heavy atom. The summed E-state index contributed by atoms with van der Waals surface area (Å²) in [5.74, 6) is -0.741. The van der Waals surface area contributed by atoms with Crippen LogP contribution in [0.4, 0.5) is 5.69 Å². The van der Waals surface area contributed by atoms with Crippen LogP contribution in [0.3, 0.4) is 0 Å². The quantitative estimate of drug-likeness (QED) is 0.880. The largest absolute Gasteiger partial charge is 0.480 e. The molecule has 0 saturated carbocycles. The van der Waals surface area contributed by atoms with Crippen LogP contribution in [-0.2, 0) is 4.79 Å². The van der Waals surface area contributed by atoms with Gasteiger partial charge >= 0.3 is 5.97 Å². The third kappa shape index (κ3) is 3.01. The molecule has 0 amide bonds. The number of carboxylic acids is 1. The summed E-state index contributed by atoms with van der Waals surface area (Å²) >= 11 is 0. The molecule has 1 aliphatic rings. The third-order valence-corrected chi connectivity index (χ3v) is 3.59. The molecule has 0 radical (unpaired) electrons. The standard InChI is InChI=1S/C14H20N2O2/c1-11-3-4-13(9-12(11)2)16-7-5-15(6-8-16)10-14(17)18/h3-4,9H,5-8,10H2,1-2H3,(H,17,18). The van der Waals surface area contributed by atoms with Gasteiger partial charge < -0.3 is 10.0 Å². The van der Waals surface area contributed by atoms with E-state index in [1.807, 2.05) is 4.90 Å². The maximum Gasteiger partial charge on any atom is 0.317 e. The van der Waals surface area contributed by atoms with Gasteiger partial charge in [-0.3, -0.25) is 9.69 Å². The molecule has 1 aromatic carbocycles. The number of benzene rings is 1. The van der Waals surface area contributed by atoms with Crippen molar-refractivity contribution in [1.29, 1.82) is 0 Å². The highest BCUT2D eigenvalue weighted by Crippen LogP contribution is 2.20. The molecule has 2 rings (SSSR count). The first-order valence-corrected chi connectivity index (χ1v) is 6.32. The summed E-state index contributed by atoms with van der Waals surface area (Å²) in [6.45, 7) is 7.83. The van der Waals surface area contributed by atoms with Crippen LogP contribution < -0.4 is 4.90 Å². The first-order chi connectivity index (χ1) is 8.56. The van der Waals surface area contributed by atoms with Crippen molar-refractivity contribution in [3.63, 3.8) is 0 Å². The molecule has 0 bridgehead atoms. The van der Waals surface area contributed by atoms with Crippen LogP contribution in [0.5, 0.6) is 0 Å². The van der Waals surface area contributed by atoms with E-state index in [-0.39, 0.29) is 6.54 Å². The number of nitrogens with zero attached hydrogens (tertiary/aromatic N) is 2. The average molecular weight is 248 g/mol. The summed E-state index contributed by atoms with van der Waals surface area (Å²) in [7, 11) is 0. The van der Waals surface area contributed by atoms with Crippen molar-refractivity contribution >= 4 is 11.7 Å². The van der Waals surface area contributed by atoms with Gasteiger partial charge in [0.25, 0.3) is 0 Å². The van der Waals surface area contributed by atoms with E-state index in [1.165, 1.54) is 16.8 Å². The number of anilines is 1. The van der Waals surface area contributed by atoms with Gasteiger partial charge in [0.15, 0.2) is 0 Å². The summed E-state index contributed by atoms with van der Waals surface area (Å²) in [4.78, 5) is 15.0. The zero-order valence-corrected chi connectivity index (χ0v) is 11.0. The fraction of sp³-hybridized carbons (Fsp3) is 0.500. The second kappa shape index (κ2) is 5.40. The Hall–Kier alpha value is -1.55. The van der Waals surface area contributed by atoms with Crippen molar-refractivity contribution in [1.82, 2.24) is 4.90 Å². The van der Waals surface area contributed by atoms with Crippen molar-refractivity contribution in [2.24, 2.45) is 0 Å². The first-order valence-electron chi connectivity index (χ1n) is 6.32. The fourth-order valence-corrected chi connectivity index (χ4v) is 2.28. The van der Waals surface area contributed by atoms with E-state index in [9.17, 15) is 4.79 Å². The molecule has 0 atom stereocenters. The molecule has 98 valence electrons. The molecule has 1 fully saturated rings. The first kappa shape index (κ1) is 12.9. The normalized spacial score (nSPS) is 16.9. The number of hydrogen-bond donors (Lipinski definition) is 1. The van der Waals surface area contributed by atoms with Gasteiger partial charge in [-0.25, -0.2) is 0 Å². The van der Waals surface area contributed by atoms with Gasteiger partial charge in [-0.05, 0) is 37.1 Å². The molecule has 1 N–H and O–H groups in total. The highest BCUT2D eigenvalue weighted by atomic mass is 16.4. The molecule has 1 aliphatic heterocycles. The van der Waals surface area contributed by atoms with Crippen LogP contribution in [0.1, 0.15) is 11.1 Å². The lowest BCUT2D eigenvalue weighted by Crippen LogP contribution is -2.48. The lowest BCUT2D eigenvalue weighted by atomic mass is 10.1. The molecule has 1 heterocycles. The molecule has 0 spiro atoms. The number of hydrogen-bond acceptors (Lipinski definition) is 3. The van der Waals surface area contributed by atoms with E-state index >= 15 is 0 Å². The molecule has 0 aliphatic carbocycles. The highest BCUT2D eigenvalue weighted by Gasteiger charge is 2.18. The molecule has 1 saturated heterocycles. The van der Waals surface area contributed by atoms with Gasteiger partial charge in [-0.15, -0.1) is 0 Å². The van der Waals surface area contributed by atoms with Gasteiger partial charge in [0.2, 0.25) is 0 Å². The van der Waals surface area contributed by atoms with Crippen LogP contribution in [0.2, 0.25) is 0 Å². The molecule has 18 heavy (non-hydrogen) atoms. The number of piperazine rings is 1. The van der Waals surface area contributed by atoms with Crippen LogP contribution in [0.25, 0.3) is 0 Å². The molecule has 4 heteroatoms. The third-order valence-electron chi connectivity index (χ3n) is 3.59. The topological polar surface area (TPSA) is 43.8 Å². The molecule has 4 nitrogen and oxygen atoms in total. The summed E-state index contributed by atoms with van der Waals surface area (Å²) < 4.78 is 0. The number of carbonyl (C=O) groups is 1. The van der Waals surface area contributed by atoms with Crippen molar-refractivity contribution in [3.8, 4) is 0 Å². The summed E-state index contributed by atoms with van der Waals surface area (Å²) in [6, 6.07) is 6.51. The predicted molar refractivity (Wildman–Crippen MR) is 72.2 cm³/mol. The van der Waals surface area contributed by atoms with Crippen molar-refractivity contribution < 1.29 is 9.90 Å². The van der Waals surface area contributed by atoms with E-state index < -0.39 is 5.97 Å². The maximum absolute atomic E-state index is 10.6. The minimum atomic E-state index is -0.741. The Morgan fingerprint density at radius 1 is 1.17 bits per heavy atom. The molecule has 0 aromatic heterocycles. The smallest absolute Gasteiger partial charge is 0.317 e. The SMILES string of the molecule is Cc1ccc(N2CCN(CC(=O)O)CC2)cc1C. The van der Waals surface area contributed by atoms with Gasteiger partial charge in [0.05, 0.1) is 6.54 Å². The van der Waals surface area contributed by atoms with Crippen LogP contribution in [0.15, 0.2) is 18.2 Å². The summed E-state index contributed by atoms with van der Waals surface area (Å²) in [5, 5.41) is 8.76. The number of carboxylic acid groups (broad SMARTS) is 1. The highest BCUT2D eigenvalue weighted by molar-refractivity contribution is 5.69. The predicted octanol–water partition coefficient (Wildman–Crippen LogP) is 1.51. The van der Waals surface area contributed by atoms with Gasteiger partial charge in [-0.2, -0.15) is 0 Å². The Bertz CT molecular complexity index is 437. The van der Waals surface area contributed by atoms with Crippen LogP contribution in [0, 0.1) is 13.8 Å². The van der Waals surface area contributed by atoms with Crippen LogP contribution in [-0.4, -0.2) is 48.7 Å². The lowest BCUT2D eigenvalue weighted by Gasteiger charge is -2.35. The average Bonchev–Trinajstić information content (AvgIpc) is 2.33. The Morgan fingerprint density at radius 3 is 2.39 bits per heavy atom. The van der Waals surface area contributed by atoms with Gasteiger partial charge in [0, 0.05) is 31.9 Å². The zero-order valence-electron chi connectivity index (χ0n) is 11.0. The second-order valence-electron chi connectivity index (χ2n) is 4.93. The molecule has 0 unspecified atom stereocenters. The Labute approximate surface area is 108 Å². The second-order valence-corrected chi connectivity index (χ2v) is 4.93. The number of rotatable bonds is 3.